The van der Waals surface area contributed by atoms with Crippen LogP contribution in [0, 0.1) is 11.3 Å². The van der Waals surface area contributed by atoms with Crippen molar-refractivity contribution in [1.29, 1.82) is 0 Å². The van der Waals surface area contributed by atoms with Gasteiger partial charge < -0.3 is 9.84 Å². The lowest BCUT2D eigenvalue weighted by molar-refractivity contribution is -0.137. The third-order valence-corrected chi connectivity index (χ3v) is 5.57. The molecule has 0 saturated heterocycles. The van der Waals surface area contributed by atoms with Crippen LogP contribution < -0.4 is 4.74 Å². The first-order valence-corrected chi connectivity index (χ1v) is 8.31. The zero-order chi connectivity index (χ0) is 18.4. The smallest absolute Gasteiger partial charge is 0.166 e. The Balaban J connectivity index is 2.22. The van der Waals surface area contributed by atoms with Crippen molar-refractivity contribution >= 4 is 11.6 Å². The largest absolute Gasteiger partial charge is 0.504 e. The lowest BCUT2D eigenvalue weighted by Crippen LogP contribution is -2.49. The predicted molar refractivity (Wildman–Crippen MR) is 95.7 cm³/mol. The second-order valence-corrected chi connectivity index (χ2v) is 6.90. The number of hydrogen-bond acceptors (Lipinski definition) is 4. The third-order valence-electron chi connectivity index (χ3n) is 5.57. The van der Waals surface area contributed by atoms with Gasteiger partial charge in [-0.2, -0.15) is 0 Å². The highest BCUT2D eigenvalue weighted by Gasteiger charge is 2.54. The lowest BCUT2D eigenvalue weighted by atomic mass is 9.53. The van der Waals surface area contributed by atoms with E-state index in [1.54, 1.807) is 25.1 Å². The first-order chi connectivity index (χ1) is 11.8. The maximum absolute atomic E-state index is 13.1. The molecule has 4 nitrogen and oxygen atoms in total. The van der Waals surface area contributed by atoms with Crippen LogP contribution in [0.25, 0.3) is 0 Å². The van der Waals surface area contributed by atoms with Crippen molar-refractivity contribution in [1.82, 2.24) is 0 Å². The van der Waals surface area contributed by atoms with E-state index in [0.29, 0.717) is 17.7 Å². The van der Waals surface area contributed by atoms with Crippen LogP contribution in [-0.4, -0.2) is 23.8 Å². The second kappa shape index (κ2) is 6.03. The Morgan fingerprint density at radius 2 is 2.08 bits per heavy atom. The fraction of sp³-hybridized carbons (Fsp3) is 0.333. The van der Waals surface area contributed by atoms with Crippen molar-refractivity contribution in [2.24, 2.45) is 11.3 Å². The molecule has 0 radical (unpaired) electrons. The van der Waals surface area contributed by atoms with Gasteiger partial charge in [0.1, 0.15) is 0 Å². The highest BCUT2D eigenvalue weighted by molar-refractivity contribution is 6.13. The maximum atomic E-state index is 13.1. The van der Waals surface area contributed by atoms with E-state index in [-0.39, 0.29) is 23.2 Å². The summed E-state index contributed by atoms with van der Waals surface area (Å²) in [6.45, 7) is 7.43. The van der Waals surface area contributed by atoms with Crippen LogP contribution in [0.2, 0.25) is 0 Å². The van der Waals surface area contributed by atoms with Crippen molar-refractivity contribution in [2.45, 2.75) is 26.2 Å². The van der Waals surface area contributed by atoms with Crippen LogP contribution >= 0.6 is 0 Å². The number of carbonyl (C=O) groups is 2. The molecule has 3 atom stereocenters. The monoisotopic (exact) mass is 338 g/mol. The van der Waals surface area contributed by atoms with Gasteiger partial charge in [-0.05, 0) is 48.3 Å². The summed E-state index contributed by atoms with van der Waals surface area (Å²) in [5.41, 5.74) is 1.26. The van der Waals surface area contributed by atoms with Crippen molar-refractivity contribution < 1.29 is 19.4 Å². The molecule has 0 bridgehead atoms. The number of phenolic OH excluding ortho intramolecular Hbond substituents is 1. The summed E-state index contributed by atoms with van der Waals surface area (Å²) in [7, 11) is 1.49. The van der Waals surface area contributed by atoms with E-state index in [0.717, 1.165) is 11.1 Å². The molecule has 130 valence electrons. The van der Waals surface area contributed by atoms with Crippen molar-refractivity contribution in [3.8, 4) is 11.5 Å². The topological polar surface area (TPSA) is 63.6 Å². The normalized spacial score (nSPS) is 28.8. The van der Waals surface area contributed by atoms with Crippen LogP contribution in [-0.2, 0) is 9.59 Å². The Kier molecular flexibility index (Phi) is 4.15. The summed E-state index contributed by atoms with van der Waals surface area (Å²) < 4.78 is 5.11. The summed E-state index contributed by atoms with van der Waals surface area (Å²) in [6, 6.07) is 5.12. The standard InChI is InChI=1S/C21H22O4/c1-5-13-6-8-15-16(22)10-12(2)20(24)21(15,3)19(13)14-7-9-18(25-4)17(23)11-14/h5-7,9-11,15,19,23H,1,8H2,2-4H3/t15-,19+,21+/m0/s1. The van der Waals surface area contributed by atoms with E-state index in [1.807, 2.05) is 19.1 Å². The second-order valence-electron chi connectivity index (χ2n) is 6.90. The van der Waals surface area contributed by atoms with Crippen LogP contribution in [0.15, 0.2) is 54.2 Å². The van der Waals surface area contributed by atoms with Gasteiger partial charge in [-0.1, -0.05) is 31.7 Å². The Morgan fingerprint density at radius 1 is 1.36 bits per heavy atom. The quantitative estimate of drug-likeness (QED) is 0.912. The van der Waals surface area contributed by atoms with Crippen molar-refractivity contribution in [3.05, 3.63) is 59.7 Å². The number of carbonyl (C=O) groups excluding carboxylic acids is 2. The highest BCUT2D eigenvalue weighted by atomic mass is 16.5. The third kappa shape index (κ3) is 2.44. The number of ether oxygens (including phenoxy) is 1. The summed E-state index contributed by atoms with van der Waals surface area (Å²) in [6.07, 6.45) is 5.69. The molecule has 0 amide bonds. The van der Waals surface area contributed by atoms with E-state index in [9.17, 15) is 14.7 Å². The van der Waals surface area contributed by atoms with E-state index < -0.39 is 11.3 Å². The van der Waals surface area contributed by atoms with Crippen LogP contribution in [0.4, 0.5) is 0 Å². The number of phenols is 1. The highest BCUT2D eigenvalue weighted by Crippen LogP contribution is 2.55. The van der Waals surface area contributed by atoms with Gasteiger partial charge in [0, 0.05) is 11.8 Å². The average Bonchev–Trinajstić information content (AvgIpc) is 2.59. The van der Waals surface area contributed by atoms with Gasteiger partial charge in [-0.15, -0.1) is 0 Å². The van der Waals surface area contributed by atoms with Gasteiger partial charge >= 0.3 is 0 Å². The fourth-order valence-electron chi connectivity index (χ4n) is 4.30. The fourth-order valence-corrected chi connectivity index (χ4v) is 4.30. The lowest BCUT2D eigenvalue weighted by Gasteiger charge is -2.47. The number of allylic oxidation sites excluding steroid dienone is 5. The molecule has 0 fully saturated rings. The molecule has 0 unspecified atom stereocenters. The zero-order valence-electron chi connectivity index (χ0n) is 14.7. The molecule has 4 heteroatoms. The predicted octanol–water partition coefficient (Wildman–Crippen LogP) is 3.72. The van der Waals surface area contributed by atoms with Crippen molar-refractivity contribution in [2.75, 3.05) is 7.11 Å². The molecule has 0 spiro atoms. The number of benzene rings is 1. The average molecular weight is 338 g/mol. The molecule has 1 N–H and O–H groups in total. The van der Waals surface area contributed by atoms with Crippen LogP contribution in [0.1, 0.15) is 31.7 Å². The minimum Gasteiger partial charge on any atom is -0.504 e. The molecule has 1 aromatic carbocycles. The summed E-state index contributed by atoms with van der Waals surface area (Å²) in [5, 5.41) is 10.2. The molecule has 2 aliphatic rings. The molecule has 1 aromatic rings. The SMILES string of the molecule is C=CC1=CC[C@H]2C(=O)C=C(C)C(=O)[C@@]2(C)[C@H]1c1ccc(OC)c(O)c1. The van der Waals surface area contributed by atoms with Crippen molar-refractivity contribution in [3.63, 3.8) is 0 Å². The summed E-state index contributed by atoms with van der Waals surface area (Å²) >= 11 is 0. The number of aromatic hydroxyl groups is 1. The van der Waals surface area contributed by atoms with Crippen LogP contribution in [0.3, 0.4) is 0 Å². The number of ketones is 2. The minimum atomic E-state index is -0.894. The molecule has 25 heavy (non-hydrogen) atoms. The number of fused-ring (bicyclic) bond motifs is 1. The van der Waals surface area contributed by atoms with Gasteiger partial charge in [0.15, 0.2) is 23.1 Å². The Labute approximate surface area is 147 Å². The van der Waals surface area contributed by atoms with Gasteiger partial charge in [0.2, 0.25) is 0 Å². The molecule has 2 aliphatic carbocycles. The van der Waals surface area contributed by atoms with Gasteiger partial charge in [0.05, 0.1) is 12.5 Å². The number of rotatable bonds is 3. The molecule has 0 aliphatic heterocycles. The first-order valence-electron chi connectivity index (χ1n) is 8.31. The van der Waals surface area contributed by atoms with Gasteiger partial charge in [0.25, 0.3) is 0 Å². The maximum Gasteiger partial charge on any atom is 0.166 e. The van der Waals surface area contributed by atoms with E-state index in [1.165, 1.54) is 13.2 Å². The first kappa shape index (κ1) is 17.2. The summed E-state index contributed by atoms with van der Waals surface area (Å²) in [5.74, 6) is -0.405. The van der Waals surface area contributed by atoms with E-state index >= 15 is 0 Å². The molecular weight excluding hydrogens is 316 g/mol. The molecule has 0 saturated carbocycles. The number of hydrogen-bond donors (Lipinski definition) is 1. The minimum absolute atomic E-state index is 0.0102. The van der Waals surface area contributed by atoms with Crippen LogP contribution in [0.5, 0.6) is 11.5 Å². The Hall–Kier alpha value is -2.62. The van der Waals surface area contributed by atoms with Gasteiger partial charge in [-0.3, -0.25) is 9.59 Å². The number of Topliss-reactive ketones (excluding diaryl/α,β-unsaturated/α-hetero) is 1. The Morgan fingerprint density at radius 3 is 2.68 bits per heavy atom. The molecule has 0 aromatic heterocycles. The van der Waals surface area contributed by atoms with E-state index in [4.69, 9.17) is 4.74 Å². The zero-order valence-corrected chi connectivity index (χ0v) is 14.7. The van der Waals surface area contributed by atoms with Gasteiger partial charge in [-0.25, -0.2) is 0 Å². The molecule has 0 heterocycles. The summed E-state index contributed by atoms with van der Waals surface area (Å²) in [4.78, 5) is 25.7. The van der Waals surface area contributed by atoms with E-state index in [2.05, 4.69) is 6.58 Å². The molecular formula is C21H22O4. The Bertz CT molecular complexity index is 830. The molecule has 3 rings (SSSR count). The number of methoxy groups -OCH3 is 1.